The van der Waals surface area contributed by atoms with Crippen molar-refractivity contribution in [1.82, 2.24) is 4.90 Å². The molecule has 150 valence electrons. The van der Waals surface area contributed by atoms with Crippen LogP contribution in [0.3, 0.4) is 0 Å². The van der Waals surface area contributed by atoms with E-state index < -0.39 is 0 Å². The zero-order chi connectivity index (χ0) is 18.7. The number of rotatable bonds is 5. The lowest BCUT2D eigenvalue weighted by atomic mass is 9.96. The smallest absolute Gasteiger partial charge is 0.193 e. The van der Waals surface area contributed by atoms with Crippen LogP contribution in [0, 0.1) is 0 Å². The van der Waals surface area contributed by atoms with E-state index >= 15 is 0 Å². The summed E-state index contributed by atoms with van der Waals surface area (Å²) in [4.78, 5) is 15.2. The Balaban J connectivity index is 0.00000225. The molecule has 5 heteroatoms. The third-order valence-corrected chi connectivity index (χ3v) is 9.39. The summed E-state index contributed by atoms with van der Waals surface area (Å²) in [7, 11) is 0. The fourth-order valence-electron chi connectivity index (χ4n) is 4.07. The average Bonchev–Trinajstić information content (AvgIpc) is 3.18. The number of ketones is 1. The first-order chi connectivity index (χ1) is 13.2. The number of hydrogen-bond acceptors (Lipinski definition) is 4. The fourth-order valence-corrected chi connectivity index (χ4v) is 7.26. The maximum Gasteiger partial charge on any atom is 0.193 e. The molecule has 2 nitrogen and oxygen atoms in total. The van der Waals surface area contributed by atoms with E-state index in [0.29, 0.717) is 10.00 Å². The van der Waals surface area contributed by atoms with E-state index in [0.717, 1.165) is 17.7 Å². The van der Waals surface area contributed by atoms with E-state index in [1.165, 1.54) is 43.0 Å². The summed E-state index contributed by atoms with van der Waals surface area (Å²) in [5.74, 6) is 3.25. The number of carbonyl (C=O) groups excluding carboxylic acids is 1. The molecule has 0 aliphatic carbocycles. The van der Waals surface area contributed by atoms with Crippen molar-refractivity contribution in [3.63, 3.8) is 0 Å². The molecule has 28 heavy (non-hydrogen) atoms. The predicted octanol–water partition coefficient (Wildman–Crippen LogP) is 5.72. The van der Waals surface area contributed by atoms with Gasteiger partial charge in [-0.2, -0.15) is 0 Å². The first-order valence-electron chi connectivity index (χ1n) is 9.85. The number of hydrogen-bond donors (Lipinski definition) is 0. The lowest BCUT2D eigenvalue weighted by Gasteiger charge is -2.39. The van der Waals surface area contributed by atoms with Crippen molar-refractivity contribution >= 4 is 41.7 Å². The van der Waals surface area contributed by atoms with Crippen molar-refractivity contribution in [3.8, 4) is 0 Å². The Hall–Kier alpha value is -0.940. The van der Waals surface area contributed by atoms with Crippen LogP contribution >= 0.6 is 35.9 Å². The molecular weight excluding hydrogens is 406 g/mol. The number of likely N-dealkylation sites (tertiary alicyclic amines) is 1. The first-order valence-corrected chi connectivity index (χ1v) is 11.8. The lowest BCUT2D eigenvalue weighted by molar-refractivity contribution is 0.103. The monoisotopic (exact) mass is 433 g/mol. The standard InChI is InChI=1S/C23H27NOS2.ClH/c1-18(17-24-13-11-23(12-14-24)26-15-16-27-23)19-7-9-21(10-8-19)22(25)20-5-3-2-4-6-20;/h2-10,18H,11-17H2,1H3;1H. The van der Waals surface area contributed by atoms with Crippen molar-refractivity contribution < 1.29 is 4.79 Å². The van der Waals surface area contributed by atoms with Crippen LogP contribution in [-0.4, -0.2) is 45.9 Å². The van der Waals surface area contributed by atoms with Crippen LogP contribution in [0.25, 0.3) is 0 Å². The zero-order valence-electron chi connectivity index (χ0n) is 16.3. The van der Waals surface area contributed by atoms with Crippen LogP contribution in [0.2, 0.25) is 0 Å². The maximum absolute atomic E-state index is 12.6. The molecule has 2 aliphatic heterocycles. The number of carbonyl (C=O) groups is 1. The van der Waals surface area contributed by atoms with Gasteiger partial charge in [0.1, 0.15) is 0 Å². The zero-order valence-corrected chi connectivity index (χ0v) is 18.8. The minimum atomic E-state index is 0. The molecule has 0 radical (unpaired) electrons. The van der Waals surface area contributed by atoms with Gasteiger partial charge in [0.15, 0.2) is 5.78 Å². The number of nitrogens with zero attached hydrogens (tertiary/aromatic N) is 1. The molecule has 1 spiro atoms. The molecule has 2 aromatic carbocycles. The second-order valence-corrected chi connectivity index (χ2v) is 10.8. The Morgan fingerprint density at radius 3 is 2.14 bits per heavy atom. The number of piperidine rings is 1. The van der Waals surface area contributed by atoms with Crippen LogP contribution in [0.15, 0.2) is 54.6 Å². The molecule has 2 heterocycles. The van der Waals surface area contributed by atoms with Gasteiger partial charge in [0.2, 0.25) is 0 Å². The van der Waals surface area contributed by atoms with E-state index in [9.17, 15) is 4.79 Å². The highest BCUT2D eigenvalue weighted by molar-refractivity contribution is 8.21. The molecule has 0 bridgehead atoms. The molecule has 1 unspecified atom stereocenters. The summed E-state index contributed by atoms with van der Waals surface area (Å²) in [6.07, 6.45) is 2.64. The molecule has 2 aromatic rings. The first kappa shape index (κ1) is 21.8. The highest BCUT2D eigenvalue weighted by Crippen LogP contribution is 2.50. The van der Waals surface area contributed by atoms with Gasteiger partial charge in [0.25, 0.3) is 0 Å². The summed E-state index contributed by atoms with van der Waals surface area (Å²) >= 11 is 4.38. The molecule has 0 N–H and O–H groups in total. The number of halogens is 1. The largest absolute Gasteiger partial charge is 0.303 e. The van der Waals surface area contributed by atoms with Gasteiger partial charge < -0.3 is 4.90 Å². The summed E-state index contributed by atoms with van der Waals surface area (Å²) in [6, 6.07) is 17.8. The second-order valence-electron chi connectivity index (χ2n) is 7.63. The van der Waals surface area contributed by atoms with Crippen molar-refractivity contribution in [2.45, 2.75) is 29.8 Å². The third-order valence-electron chi connectivity index (χ3n) is 5.74. The highest BCUT2D eigenvalue weighted by Gasteiger charge is 2.38. The molecule has 2 saturated heterocycles. The highest BCUT2D eigenvalue weighted by atomic mass is 35.5. The average molecular weight is 434 g/mol. The molecule has 1 atom stereocenters. The van der Waals surface area contributed by atoms with E-state index in [1.54, 1.807) is 0 Å². The Labute approximate surface area is 183 Å². The Kier molecular flexibility index (Phi) is 7.54. The van der Waals surface area contributed by atoms with E-state index in [2.05, 4.69) is 47.5 Å². The van der Waals surface area contributed by atoms with Gasteiger partial charge in [-0.1, -0.05) is 61.5 Å². The summed E-state index contributed by atoms with van der Waals surface area (Å²) < 4.78 is 0.527. The van der Waals surface area contributed by atoms with Crippen LogP contribution in [0.1, 0.15) is 47.2 Å². The van der Waals surface area contributed by atoms with Crippen molar-refractivity contribution in [2.24, 2.45) is 0 Å². The van der Waals surface area contributed by atoms with Crippen molar-refractivity contribution in [3.05, 3.63) is 71.3 Å². The second kappa shape index (κ2) is 9.71. The van der Waals surface area contributed by atoms with E-state index in [1.807, 2.05) is 42.5 Å². The van der Waals surface area contributed by atoms with Gasteiger partial charge >= 0.3 is 0 Å². The normalized spacial score (nSPS) is 19.9. The molecule has 2 aliphatic rings. The van der Waals surface area contributed by atoms with E-state index in [-0.39, 0.29) is 18.2 Å². The number of benzene rings is 2. The van der Waals surface area contributed by atoms with Gasteiger partial charge in [-0.15, -0.1) is 35.9 Å². The summed E-state index contributed by atoms with van der Waals surface area (Å²) in [5, 5.41) is 0. The Morgan fingerprint density at radius 1 is 0.964 bits per heavy atom. The van der Waals surface area contributed by atoms with Gasteiger partial charge in [-0.05, 0) is 24.3 Å². The lowest BCUT2D eigenvalue weighted by Crippen LogP contribution is -2.41. The van der Waals surface area contributed by atoms with Gasteiger partial charge in [-0.25, -0.2) is 0 Å². The summed E-state index contributed by atoms with van der Waals surface area (Å²) in [5.41, 5.74) is 2.85. The van der Waals surface area contributed by atoms with Crippen LogP contribution < -0.4 is 0 Å². The van der Waals surface area contributed by atoms with Crippen LogP contribution in [0.5, 0.6) is 0 Å². The third kappa shape index (κ3) is 4.96. The maximum atomic E-state index is 12.6. The van der Waals surface area contributed by atoms with Gasteiger partial charge in [-0.3, -0.25) is 4.79 Å². The SMILES string of the molecule is CC(CN1CCC2(CC1)SCCS2)c1ccc(C(=O)c2ccccc2)cc1.Cl. The Morgan fingerprint density at radius 2 is 1.54 bits per heavy atom. The Bertz CT molecular complexity index is 765. The topological polar surface area (TPSA) is 20.3 Å². The number of thioether (sulfide) groups is 2. The molecule has 0 aromatic heterocycles. The van der Waals surface area contributed by atoms with Gasteiger partial charge in [0, 0.05) is 42.3 Å². The van der Waals surface area contributed by atoms with Crippen molar-refractivity contribution in [1.29, 1.82) is 0 Å². The molecular formula is C23H28ClNOS2. The van der Waals surface area contributed by atoms with Gasteiger partial charge in [0.05, 0.1) is 4.08 Å². The fraction of sp³-hybridized carbons (Fsp3) is 0.435. The van der Waals surface area contributed by atoms with E-state index in [4.69, 9.17) is 0 Å². The summed E-state index contributed by atoms with van der Waals surface area (Å²) in [6.45, 7) is 5.85. The van der Waals surface area contributed by atoms with Crippen LogP contribution in [-0.2, 0) is 0 Å². The molecule has 0 amide bonds. The minimum absolute atomic E-state index is 0. The molecule has 0 saturated carbocycles. The molecule has 4 rings (SSSR count). The van der Waals surface area contributed by atoms with Crippen LogP contribution in [0.4, 0.5) is 0 Å². The molecule has 2 fully saturated rings. The quantitative estimate of drug-likeness (QED) is 0.562. The van der Waals surface area contributed by atoms with Crippen molar-refractivity contribution in [2.75, 3.05) is 31.1 Å². The minimum Gasteiger partial charge on any atom is -0.303 e. The predicted molar refractivity (Wildman–Crippen MR) is 125 cm³/mol.